The first-order chi connectivity index (χ1) is 18.8. The maximum atomic E-state index is 13.7. The fourth-order valence-corrected chi connectivity index (χ4v) is 3.81. The summed E-state index contributed by atoms with van der Waals surface area (Å²) in [6.45, 7) is 2.23. The number of aliphatic carboxylic acids is 1. The molecule has 0 aliphatic carbocycles. The van der Waals surface area contributed by atoms with Gasteiger partial charge >= 0.3 is 5.97 Å². The fraction of sp³-hybridized carbons (Fsp3) is 0.167. The van der Waals surface area contributed by atoms with E-state index in [2.05, 4.69) is 10.3 Å². The number of ether oxygens (including phenoxy) is 1. The van der Waals surface area contributed by atoms with E-state index in [1.54, 1.807) is 24.3 Å². The van der Waals surface area contributed by atoms with Crippen LogP contribution in [-0.4, -0.2) is 34.6 Å². The summed E-state index contributed by atoms with van der Waals surface area (Å²) in [6, 6.07) is 18.2. The van der Waals surface area contributed by atoms with Gasteiger partial charge in [-0.3, -0.25) is 4.79 Å². The van der Waals surface area contributed by atoms with Crippen LogP contribution >= 0.6 is 0 Å². The van der Waals surface area contributed by atoms with Crippen LogP contribution in [0.1, 0.15) is 22.6 Å². The first kappa shape index (κ1) is 27.3. The molecule has 4 aromatic rings. The van der Waals surface area contributed by atoms with E-state index in [4.69, 9.17) is 9.15 Å². The Balaban J connectivity index is 1.29. The van der Waals surface area contributed by atoms with E-state index in [1.807, 2.05) is 37.3 Å². The molecular formula is C30H26F2N2O5. The van der Waals surface area contributed by atoms with Gasteiger partial charge in [-0.05, 0) is 55.0 Å². The van der Waals surface area contributed by atoms with E-state index in [9.17, 15) is 23.5 Å². The SMILES string of the molecule is Cc1oc(-c2ccccc2)nc1CCOc1ccc(C[C@H](NC(=O)C=Cc2ccc(F)cc2F)C(=O)O)cc1. The predicted molar refractivity (Wildman–Crippen MR) is 141 cm³/mol. The highest BCUT2D eigenvalue weighted by atomic mass is 19.1. The first-order valence-electron chi connectivity index (χ1n) is 12.2. The molecule has 0 aliphatic heterocycles. The average molecular weight is 533 g/mol. The number of hydrogen-bond donors (Lipinski definition) is 2. The van der Waals surface area contributed by atoms with E-state index in [0.29, 0.717) is 36.3 Å². The van der Waals surface area contributed by atoms with Crippen LogP contribution in [0, 0.1) is 18.6 Å². The summed E-state index contributed by atoms with van der Waals surface area (Å²) < 4.78 is 38.3. The molecule has 0 aliphatic rings. The Bertz CT molecular complexity index is 1470. The number of aryl methyl sites for hydroxylation is 1. The highest BCUT2D eigenvalue weighted by Gasteiger charge is 2.19. The summed E-state index contributed by atoms with van der Waals surface area (Å²) in [7, 11) is 0. The van der Waals surface area contributed by atoms with E-state index in [1.165, 1.54) is 6.07 Å². The van der Waals surface area contributed by atoms with Crippen molar-refractivity contribution in [3.05, 3.63) is 113 Å². The van der Waals surface area contributed by atoms with Gasteiger partial charge in [0, 0.05) is 36.1 Å². The number of oxazole rings is 1. The molecule has 1 heterocycles. The zero-order valence-electron chi connectivity index (χ0n) is 21.1. The van der Waals surface area contributed by atoms with Crippen molar-refractivity contribution in [2.45, 2.75) is 25.8 Å². The molecule has 0 fully saturated rings. The lowest BCUT2D eigenvalue weighted by atomic mass is 10.1. The fourth-order valence-electron chi connectivity index (χ4n) is 3.81. The maximum absolute atomic E-state index is 13.7. The number of aromatic nitrogens is 1. The number of nitrogens with zero attached hydrogens (tertiary/aromatic N) is 1. The molecule has 1 amide bonds. The van der Waals surface area contributed by atoms with E-state index >= 15 is 0 Å². The third-order valence-electron chi connectivity index (χ3n) is 5.88. The summed E-state index contributed by atoms with van der Waals surface area (Å²) in [5.74, 6) is -1.61. The smallest absolute Gasteiger partial charge is 0.326 e. The lowest BCUT2D eigenvalue weighted by molar-refractivity contribution is -0.141. The number of carbonyl (C=O) groups is 2. The Labute approximate surface area is 223 Å². The monoisotopic (exact) mass is 532 g/mol. The number of halogens is 2. The molecule has 0 bridgehead atoms. The highest BCUT2D eigenvalue weighted by Crippen LogP contribution is 2.22. The summed E-state index contributed by atoms with van der Waals surface area (Å²) in [5, 5.41) is 11.9. The van der Waals surface area contributed by atoms with E-state index < -0.39 is 29.6 Å². The number of benzene rings is 3. The van der Waals surface area contributed by atoms with Crippen molar-refractivity contribution < 1.29 is 32.6 Å². The predicted octanol–water partition coefficient (Wildman–Crippen LogP) is 5.38. The van der Waals surface area contributed by atoms with Crippen LogP contribution < -0.4 is 10.1 Å². The largest absolute Gasteiger partial charge is 0.493 e. The minimum atomic E-state index is -1.22. The van der Waals surface area contributed by atoms with Gasteiger partial charge in [-0.25, -0.2) is 18.6 Å². The molecule has 0 saturated carbocycles. The molecular weight excluding hydrogens is 506 g/mol. The van der Waals surface area contributed by atoms with Crippen molar-refractivity contribution in [1.82, 2.24) is 10.3 Å². The second-order valence-corrected chi connectivity index (χ2v) is 8.73. The number of carboxylic acids is 1. The number of nitrogens with one attached hydrogen (secondary N) is 1. The molecule has 9 heteroatoms. The second-order valence-electron chi connectivity index (χ2n) is 8.73. The van der Waals surface area contributed by atoms with Crippen molar-refractivity contribution >= 4 is 18.0 Å². The van der Waals surface area contributed by atoms with Crippen LogP contribution in [0.15, 0.2) is 83.3 Å². The number of rotatable bonds is 11. The molecule has 0 unspecified atom stereocenters. The Kier molecular flexibility index (Phi) is 8.83. The van der Waals surface area contributed by atoms with Gasteiger partial charge in [0.25, 0.3) is 0 Å². The van der Waals surface area contributed by atoms with Gasteiger partial charge in [0.2, 0.25) is 11.8 Å². The molecule has 4 rings (SSSR count). The van der Waals surface area contributed by atoms with Gasteiger partial charge in [-0.2, -0.15) is 0 Å². The van der Waals surface area contributed by atoms with Crippen LogP contribution in [0.5, 0.6) is 5.75 Å². The summed E-state index contributed by atoms with van der Waals surface area (Å²) in [4.78, 5) is 28.5. The number of amides is 1. The third kappa shape index (κ3) is 7.61. The highest BCUT2D eigenvalue weighted by molar-refractivity contribution is 5.94. The minimum Gasteiger partial charge on any atom is -0.493 e. The quantitative estimate of drug-likeness (QED) is 0.252. The summed E-state index contributed by atoms with van der Waals surface area (Å²) in [6.07, 6.45) is 2.73. The van der Waals surface area contributed by atoms with Gasteiger partial charge in [0.1, 0.15) is 29.2 Å². The van der Waals surface area contributed by atoms with Crippen molar-refractivity contribution in [3.8, 4) is 17.2 Å². The van der Waals surface area contributed by atoms with Crippen LogP contribution in [0.3, 0.4) is 0 Å². The van der Waals surface area contributed by atoms with Crippen LogP contribution in [0.25, 0.3) is 17.5 Å². The standard InChI is InChI=1S/C30H26F2N2O5/c1-19-26(34-29(39-19)22-5-3-2-4-6-22)15-16-38-24-12-7-20(8-13-24)17-27(30(36)37)33-28(35)14-10-21-9-11-23(31)18-25(21)32/h2-14,18,27H,15-17H2,1H3,(H,33,35)(H,36,37)/t27-/m0/s1. The second kappa shape index (κ2) is 12.6. The normalized spacial score (nSPS) is 11.9. The maximum Gasteiger partial charge on any atom is 0.326 e. The Morgan fingerprint density at radius 3 is 2.51 bits per heavy atom. The van der Waals surface area contributed by atoms with Crippen LogP contribution in [0.4, 0.5) is 8.78 Å². The molecule has 0 saturated heterocycles. The van der Waals surface area contributed by atoms with E-state index in [-0.39, 0.29) is 12.0 Å². The molecule has 1 aromatic heterocycles. The van der Waals surface area contributed by atoms with Gasteiger partial charge in [-0.1, -0.05) is 30.3 Å². The molecule has 1 atom stereocenters. The molecule has 0 spiro atoms. The van der Waals surface area contributed by atoms with E-state index in [0.717, 1.165) is 35.2 Å². The summed E-state index contributed by atoms with van der Waals surface area (Å²) in [5.41, 5.74) is 2.38. The van der Waals surface area contributed by atoms with Crippen molar-refractivity contribution in [2.24, 2.45) is 0 Å². The summed E-state index contributed by atoms with van der Waals surface area (Å²) >= 11 is 0. The lowest BCUT2D eigenvalue weighted by Crippen LogP contribution is -2.41. The minimum absolute atomic E-state index is 0.00404. The van der Waals surface area contributed by atoms with Gasteiger partial charge < -0.3 is 19.6 Å². The zero-order valence-corrected chi connectivity index (χ0v) is 21.1. The van der Waals surface area contributed by atoms with Crippen molar-refractivity contribution in [2.75, 3.05) is 6.61 Å². The molecule has 39 heavy (non-hydrogen) atoms. The lowest BCUT2D eigenvalue weighted by Gasteiger charge is -2.14. The molecule has 7 nitrogen and oxygen atoms in total. The molecule has 0 radical (unpaired) electrons. The zero-order chi connectivity index (χ0) is 27.8. The van der Waals surface area contributed by atoms with Gasteiger partial charge in [-0.15, -0.1) is 0 Å². The van der Waals surface area contributed by atoms with Crippen molar-refractivity contribution in [1.29, 1.82) is 0 Å². The van der Waals surface area contributed by atoms with Crippen LogP contribution in [0.2, 0.25) is 0 Å². The van der Waals surface area contributed by atoms with Gasteiger partial charge in [0.15, 0.2) is 0 Å². The van der Waals surface area contributed by atoms with Gasteiger partial charge in [0.05, 0.1) is 12.3 Å². The Hall–Kier alpha value is -4.79. The number of hydrogen-bond acceptors (Lipinski definition) is 5. The molecule has 200 valence electrons. The third-order valence-corrected chi connectivity index (χ3v) is 5.88. The average Bonchev–Trinajstić information content (AvgIpc) is 3.29. The van der Waals surface area contributed by atoms with Crippen LogP contribution in [-0.2, 0) is 22.4 Å². The first-order valence-corrected chi connectivity index (χ1v) is 12.2. The topological polar surface area (TPSA) is 102 Å². The number of carbonyl (C=O) groups excluding carboxylic acids is 1. The molecule has 3 aromatic carbocycles. The Morgan fingerprint density at radius 2 is 1.82 bits per heavy atom. The number of carboxylic acid groups (broad SMARTS) is 1. The molecule has 2 N–H and O–H groups in total. The van der Waals surface area contributed by atoms with Crippen molar-refractivity contribution in [3.63, 3.8) is 0 Å². The Morgan fingerprint density at radius 1 is 1.08 bits per heavy atom.